The molecule has 200 valence electrons. The monoisotopic (exact) mass is 486 g/mol. The van der Waals surface area contributed by atoms with Gasteiger partial charge in [-0.25, -0.2) is 0 Å². The number of hydrogen-bond acceptors (Lipinski definition) is 3. The highest BCUT2D eigenvalue weighted by Crippen LogP contribution is 2.75. The Morgan fingerprint density at radius 3 is 2.34 bits per heavy atom. The van der Waals surface area contributed by atoms with E-state index in [-0.39, 0.29) is 34.1 Å². The first-order valence-electron chi connectivity index (χ1n) is 14.3. The van der Waals surface area contributed by atoms with Gasteiger partial charge in [-0.2, -0.15) is 0 Å². The highest BCUT2D eigenvalue weighted by molar-refractivity contribution is 5.32. The summed E-state index contributed by atoms with van der Waals surface area (Å²) in [5.74, 6) is 2.49. The van der Waals surface area contributed by atoms with Crippen molar-refractivity contribution in [3.63, 3.8) is 0 Å². The minimum atomic E-state index is -0.250. The van der Waals surface area contributed by atoms with E-state index in [4.69, 9.17) is 9.47 Å². The van der Waals surface area contributed by atoms with Crippen molar-refractivity contribution >= 4 is 0 Å². The van der Waals surface area contributed by atoms with Gasteiger partial charge in [0.1, 0.15) is 0 Å². The minimum absolute atomic E-state index is 0.136. The molecule has 0 bridgehead atoms. The summed E-state index contributed by atoms with van der Waals surface area (Å²) in [7, 11) is 3.71. The summed E-state index contributed by atoms with van der Waals surface area (Å²) in [6, 6.07) is 0. The lowest BCUT2D eigenvalue weighted by Crippen LogP contribution is -2.63. The van der Waals surface area contributed by atoms with Crippen LogP contribution in [0.2, 0.25) is 0 Å². The van der Waals surface area contributed by atoms with Gasteiger partial charge in [-0.3, -0.25) is 0 Å². The molecule has 0 aromatic heterocycles. The van der Waals surface area contributed by atoms with E-state index in [0.29, 0.717) is 23.2 Å². The molecular weight excluding hydrogens is 432 g/mol. The van der Waals surface area contributed by atoms with Crippen LogP contribution in [0.15, 0.2) is 23.8 Å². The van der Waals surface area contributed by atoms with Gasteiger partial charge in [0, 0.05) is 25.6 Å². The lowest BCUT2D eigenvalue weighted by atomic mass is 9.38. The van der Waals surface area contributed by atoms with Gasteiger partial charge in [0.15, 0.2) is 0 Å². The Kier molecular flexibility index (Phi) is 7.03. The van der Waals surface area contributed by atoms with Crippen LogP contribution in [0.5, 0.6) is 0 Å². The zero-order valence-corrected chi connectivity index (χ0v) is 24.4. The maximum atomic E-state index is 10.9. The van der Waals surface area contributed by atoms with Gasteiger partial charge in [0.25, 0.3) is 0 Å². The first-order chi connectivity index (χ1) is 16.2. The van der Waals surface area contributed by atoms with Crippen LogP contribution in [-0.4, -0.2) is 37.1 Å². The van der Waals surface area contributed by atoms with Crippen molar-refractivity contribution in [2.75, 3.05) is 14.2 Å². The van der Waals surface area contributed by atoms with Crippen LogP contribution < -0.4 is 0 Å². The maximum Gasteiger partial charge on any atom is 0.0802 e. The van der Waals surface area contributed by atoms with Gasteiger partial charge in [0.2, 0.25) is 0 Å². The number of rotatable bonds is 6. The Hall–Kier alpha value is -0.640. The summed E-state index contributed by atoms with van der Waals surface area (Å²) in [6.45, 7) is 19.1. The predicted octanol–water partition coefficient (Wildman–Crippen LogP) is 7.58. The van der Waals surface area contributed by atoms with Gasteiger partial charge in [-0.1, -0.05) is 65.3 Å². The van der Waals surface area contributed by atoms with Crippen LogP contribution in [0, 0.1) is 45.3 Å². The lowest BCUT2D eigenvalue weighted by Gasteiger charge is -2.67. The molecule has 0 spiro atoms. The highest BCUT2D eigenvalue weighted by Gasteiger charge is 2.69. The topological polar surface area (TPSA) is 38.7 Å². The first kappa shape index (κ1) is 27.4. The molecule has 35 heavy (non-hydrogen) atoms. The largest absolute Gasteiger partial charge is 0.392 e. The normalized spacial score (nSPS) is 46.0. The molecule has 4 aliphatic rings. The fourth-order valence-corrected chi connectivity index (χ4v) is 9.69. The maximum absolute atomic E-state index is 10.9. The second kappa shape index (κ2) is 8.98. The number of allylic oxidation sites excluding steroid dienone is 1. The van der Waals surface area contributed by atoms with Crippen molar-refractivity contribution in [1.29, 1.82) is 0 Å². The number of aliphatic hydroxyl groups is 1. The molecule has 6 unspecified atom stereocenters. The number of ether oxygens (including phenoxy) is 2. The van der Waals surface area contributed by atoms with E-state index in [0.717, 1.165) is 25.2 Å². The van der Waals surface area contributed by atoms with E-state index in [1.165, 1.54) is 31.3 Å². The summed E-state index contributed by atoms with van der Waals surface area (Å²) in [5, 5.41) is 10.9. The molecule has 0 aromatic carbocycles. The molecule has 0 heterocycles. The third-order valence-electron chi connectivity index (χ3n) is 12.3. The molecule has 0 radical (unpaired) electrons. The number of aliphatic hydroxyl groups excluding tert-OH is 1. The Bertz CT molecular complexity index is 855. The minimum Gasteiger partial charge on any atom is -0.392 e. The quantitative estimate of drug-likeness (QED) is 0.393. The van der Waals surface area contributed by atoms with Crippen molar-refractivity contribution in [2.24, 2.45) is 45.3 Å². The fourth-order valence-electron chi connectivity index (χ4n) is 9.69. The summed E-state index contributed by atoms with van der Waals surface area (Å²) in [5.41, 5.74) is 1.94. The molecule has 4 rings (SSSR count). The van der Waals surface area contributed by atoms with Crippen LogP contribution >= 0.6 is 0 Å². The molecule has 0 aliphatic heterocycles. The van der Waals surface area contributed by atoms with Gasteiger partial charge in [-0.15, -0.1) is 0 Å². The Balaban J connectivity index is 1.67. The van der Waals surface area contributed by atoms with E-state index < -0.39 is 0 Å². The summed E-state index contributed by atoms with van der Waals surface area (Å²) in [6.07, 6.45) is 15.3. The van der Waals surface area contributed by atoms with Crippen molar-refractivity contribution in [3.8, 4) is 0 Å². The number of fused-ring (bicyclic) bond motifs is 5. The molecule has 0 aromatic rings. The molecule has 0 amide bonds. The average molecular weight is 487 g/mol. The lowest BCUT2D eigenvalue weighted by molar-refractivity contribution is -0.182. The van der Waals surface area contributed by atoms with Crippen molar-refractivity contribution < 1.29 is 14.6 Å². The fraction of sp³-hybridized carbons (Fsp3) is 0.875. The molecule has 4 aliphatic carbocycles. The van der Waals surface area contributed by atoms with Crippen molar-refractivity contribution in [1.82, 2.24) is 0 Å². The second-order valence-electron chi connectivity index (χ2n) is 14.6. The van der Waals surface area contributed by atoms with Crippen molar-refractivity contribution in [3.05, 3.63) is 23.8 Å². The Morgan fingerprint density at radius 1 is 1.03 bits per heavy atom. The molecular formula is C32H54O3. The van der Waals surface area contributed by atoms with Gasteiger partial charge in [0.05, 0.1) is 17.8 Å². The third-order valence-corrected chi connectivity index (χ3v) is 12.3. The van der Waals surface area contributed by atoms with Crippen LogP contribution in [0.4, 0.5) is 0 Å². The van der Waals surface area contributed by atoms with Crippen LogP contribution in [0.25, 0.3) is 0 Å². The Morgan fingerprint density at radius 2 is 1.71 bits per heavy atom. The number of methoxy groups -OCH3 is 2. The summed E-state index contributed by atoms with van der Waals surface area (Å²) >= 11 is 0. The van der Waals surface area contributed by atoms with E-state index >= 15 is 0 Å². The molecule has 9 atom stereocenters. The standard InChI is InChI=1S/C32H54O3/c1-21(12-11-16-28(2,3)35-10)22-15-17-32(8)27-25(34-9)20-24-23(13-14-26(33)29(24,4)5)30(27,6)18-19-31(22,32)7/h11,16,20-23,25-27,33H,12-15,17-19H2,1-10H3/t21?,22?,23?,25?,26?,27?,30-,31+,32-/m0/s1. The van der Waals surface area contributed by atoms with E-state index in [1.54, 1.807) is 7.11 Å². The summed E-state index contributed by atoms with van der Waals surface area (Å²) < 4.78 is 12.0. The van der Waals surface area contributed by atoms with Gasteiger partial charge >= 0.3 is 0 Å². The van der Waals surface area contributed by atoms with Crippen LogP contribution in [0.1, 0.15) is 100 Å². The molecule has 3 nitrogen and oxygen atoms in total. The van der Waals surface area contributed by atoms with Crippen molar-refractivity contribution in [2.45, 2.75) is 118 Å². The number of hydrogen-bond donors (Lipinski definition) is 1. The van der Waals surface area contributed by atoms with E-state index in [9.17, 15) is 5.11 Å². The zero-order chi connectivity index (χ0) is 26.0. The van der Waals surface area contributed by atoms with Gasteiger partial charge in [-0.05, 0) is 92.8 Å². The molecule has 0 saturated heterocycles. The van der Waals surface area contributed by atoms with E-state index in [2.05, 4.69) is 73.6 Å². The molecule has 1 N–H and O–H groups in total. The second-order valence-corrected chi connectivity index (χ2v) is 14.6. The summed E-state index contributed by atoms with van der Waals surface area (Å²) in [4.78, 5) is 0. The Labute approximate surface area is 216 Å². The van der Waals surface area contributed by atoms with E-state index in [1.807, 2.05) is 7.11 Å². The van der Waals surface area contributed by atoms with Crippen LogP contribution in [-0.2, 0) is 9.47 Å². The van der Waals surface area contributed by atoms with Gasteiger partial charge < -0.3 is 14.6 Å². The zero-order valence-electron chi connectivity index (χ0n) is 24.4. The third kappa shape index (κ3) is 4.02. The SMILES string of the molecule is COC1C=C2C(CCC(O)C2(C)C)[C@]2(C)CC[C@]3(C)C(C(C)CC=CC(C)(C)OC)CC[C@@]3(C)C12. The smallest absolute Gasteiger partial charge is 0.0802 e. The predicted molar refractivity (Wildman–Crippen MR) is 145 cm³/mol. The highest BCUT2D eigenvalue weighted by atomic mass is 16.5. The molecule has 3 heteroatoms. The van der Waals surface area contributed by atoms with Crippen LogP contribution in [0.3, 0.4) is 0 Å². The first-order valence-corrected chi connectivity index (χ1v) is 14.3. The molecule has 3 saturated carbocycles. The average Bonchev–Trinajstić information content (AvgIpc) is 3.07. The molecule has 3 fully saturated rings.